The summed E-state index contributed by atoms with van der Waals surface area (Å²) in [4.78, 5) is 29.5. The van der Waals surface area contributed by atoms with Crippen LogP contribution in [0.15, 0.2) is 35.1 Å². The van der Waals surface area contributed by atoms with E-state index in [1.807, 2.05) is 0 Å². The van der Waals surface area contributed by atoms with E-state index < -0.39 is 46.5 Å². The van der Waals surface area contributed by atoms with E-state index in [2.05, 4.69) is 10.3 Å². The summed E-state index contributed by atoms with van der Waals surface area (Å²) in [6, 6.07) is 7.08. The van der Waals surface area contributed by atoms with Crippen molar-refractivity contribution in [3.8, 4) is 11.3 Å². The molecule has 1 amide bonds. The molecule has 12 heteroatoms. The number of hydrogen-bond donors (Lipinski definition) is 1. The van der Waals surface area contributed by atoms with Gasteiger partial charge >= 0.3 is 6.18 Å². The lowest BCUT2D eigenvalue weighted by Crippen LogP contribution is -2.40. The second kappa shape index (κ2) is 9.62. The van der Waals surface area contributed by atoms with Crippen LogP contribution in [0.3, 0.4) is 0 Å². The van der Waals surface area contributed by atoms with Crippen LogP contribution in [0.1, 0.15) is 25.1 Å². The molecule has 1 aliphatic heterocycles. The van der Waals surface area contributed by atoms with Crippen LogP contribution >= 0.6 is 11.6 Å². The Labute approximate surface area is 187 Å². The van der Waals surface area contributed by atoms with Crippen LogP contribution in [0.5, 0.6) is 0 Å². The summed E-state index contributed by atoms with van der Waals surface area (Å²) in [6.45, 7) is -0.468. The molecule has 0 aliphatic carbocycles. The van der Waals surface area contributed by atoms with Gasteiger partial charge in [-0.1, -0.05) is 23.7 Å². The summed E-state index contributed by atoms with van der Waals surface area (Å²) in [6.07, 6.45) is -5.61. The Bertz CT molecular complexity index is 1150. The monoisotopic (exact) mass is 491 g/mol. The number of amides is 1. The Kier molecular flexibility index (Phi) is 7.29. The molecule has 3 rings (SSSR count). The zero-order valence-corrected chi connectivity index (χ0v) is 18.4. The van der Waals surface area contributed by atoms with Crippen LogP contribution in [0.4, 0.5) is 13.2 Å². The molecule has 1 saturated heterocycles. The maximum absolute atomic E-state index is 12.7. The minimum Gasteiger partial charge on any atom is -0.351 e. The summed E-state index contributed by atoms with van der Waals surface area (Å²) >= 11 is 5.87. The van der Waals surface area contributed by atoms with E-state index in [9.17, 15) is 31.2 Å². The van der Waals surface area contributed by atoms with Crippen molar-refractivity contribution in [3.05, 3.63) is 51.5 Å². The minimum atomic E-state index is -4.36. The van der Waals surface area contributed by atoms with Gasteiger partial charge in [-0.25, -0.2) is 13.4 Å². The molecule has 1 aromatic heterocycles. The number of alkyl halides is 3. The van der Waals surface area contributed by atoms with E-state index in [0.29, 0.717) is 10.6 Å². The van der Waals surface area contributed by atoms with Gasteiger partial charge in [-0.2, -0.15) is 13.2 Å². The molecular formula is C20H21ClF3N3O4S. The number of hydrogen-bond acceptors (Lipinski definition) is 5. The van der Waals surface area contributed by atoms with Gasteiger partial charge in [-0.3, -0.25) is 14.2 Å². The van der Waals surface area contributed by atoms with Crippen LogP contribution in [-0.2, 0) is 27.6 Å². The fourth-order valence-electron chi connectivity index (χ4n) is 3.46. The van der Waals surface area contributed by atoms with Gasteiger partial charge in [0.1, 0.15) is 12.4 Å². The number of rotatable bonds is 7. The van der Waals surface area contributed by atoms with Crippen molar-refractivity contribution in [2.45, 2.75) is 44.4 Å². The highest BCUT2D eigenvalue weighted by atomic mass is 35.5. The standard InChI is InChI=1S/C20H21ClF3N3O4S/c21-14-5-3-13(4-6-14)16-10-19(29)27(17(26-16)2-1-8-20(22,23)24)11-18(28)25-15-7-9-32(30,31)12-15/h3-6,10,15H,1-2,7-9,11-12H2,(H,25,28). The lowest BCUT2D eigenvalue weighted by molar-refractivity contribution is -0.135. The fraction of sp³-hybridized carbons (Fsp3) is 0.450. The second-order valence-electron chi connectivity index (χ2n) is 7.63. The zero-order chi connectivity index (χ0) is 23.5. The molecule has 1 atom stereocenters. The molecule has 0 saturated carbocycles. The molecule has 32 heavy (non-hydrogen) atoms. The average Bonchev–Trinajstić information content (AvgIpc) is 3.02. The molecule has 1 unspecified atom stereocenters. The molecule has 1 N–H and O–H groups in total. The molecule has 2 heterocycles. The number of carbonyl (C=O) groups excluding carboxylic acids is 1. The molecule has 1 fully saturated rings. The molecule has 174 valence electrons. The fourth-order valence-corrected chi connectivity index (χ4v) is 5.25. The third-order valence-corrected chi connectivity index (χ3v) is 7.01. The predicted octanol–water partition coefficient (Wildman–Crippen LogP) is 2.75. The van der Waals surface area contributed by atoms with Gasteiger partial charge in [0.2, 0.25) is 5.91 Å². The lowest BCUT2D eigenvalue weighted by atomic mass is 10.1. The molecule has 2 aromatic rings. The number of aryl methyl sites for hydroxylation is 1. The number of sulfone groups is 1. The van der Waals surface area contributed by atoms with Crippen LogP contribution in [0.2, 0.25) is 5.02 Å². The number of nitrogens with one attached hydrogen (secondary N) is 1. The Morgan fingerprint density at radius 1 is 1.25 bits per heavy atom. The van der Waals surface area contributed by atoms with Gasteiger partial charge < -0.3 is 5.32 Å². The van der Waals surface area contributed by atoms with Crippen LogP contribution in [0, 0.1) is 0 Å². The topological polar surface area (TPSA) is 98.1 Å². The minimum absolute atomic E-state index is 0.0298. The van der Waals surface area contributed by atoms with Crippen LogP contribution in [0.25, 0.3) is 11.3 Å². The Hall–Kier alpha value is -2.40. The number of nitrogens with zero attached hydrogens (tertiary/aromatic N) is 2. The van der Waals surface area contributed by atoms with Crippen LogP contribution in [-0.4, -0.2) is 47.6 Å². The predicted molar refractivity (Wildman–Crippen MR) is 113 cm³/mol. The Morgan fingerprint density at radius 3 is 2.53 bits per heavy atom. The largest absolute Gasteiger partial charge is 0.389 e. The van der Waals surface area contributed by atoms with Crippen molar-refractivity contribution in [1.29, 1.82) is 0 Å². The normalized spacial score (nSPS) is 17.9. The van der Waals surface area contributed by atoms with E-state index in [1.54, 1.807) is 24.3 Å². The molecule has 1 aromatic carbocycles. The second-order valence-corrected chi connectivity index (χ2v) is 10.3. The van der Waals surface area contributed by atoms with E-state index in [4.69, 9.17) is 11.6 Å². The van der Waals surface area contributed by atoms with Crippen molar-refractivity contribution in [2.75, 3.05) is 11.5 Å². The molecule has 0 bridgehead atoms. The highest BCUT2D eigenvalue weighted by Crippen LogP contribution is 2.23. The molecule has 0 spiro atoms. The zero-order valence-electron chi connectivity index (χ0n) is 16.9. The van der Waals surface area contributed by atoms with Crippen molar-refractivity contribution in [2.24, 2.45) is 0 Å². The Balaban J connectivity index is 1.84. The summed E-state index contributed by atoms with van der Waals surface area (Å²) in [5.74, 6) is -0.772. The van der Waals surface area contributed by atoms with Crippen molar-refractivity contribution in [1.82, 2.24) is 14.9 Å². The van der Waals surface area contributed by atoms with Gasteiger partial charge in [0.15, 0.2) is 9.84 Å². The van der Waals surface area contributed by atoms with Gasteiger partial charge in [-0.05, 0) is 25.0 Å². The van der Waals surface area contributed by atoms with E-state index in [0.717, 1.165) is 4.57 Å². The highest BCUT2D eigenvalue weighted by Gasteiger charge is 2.29. The first kappa shape index (κ1) is 24.2. The van der Waals surface area contributed by atoms with Crippen LogP contribution < -0.4 is 10.9 Å². The number of carbonyl (C=O) groups is 1. The van der Waals surface area contributed by atoms with Gasteiger partial charge in [0.05, 0.1) is 17.2 Å². The van der Waals surface area contributed by atoms with Crippen molar-refractivity contribution < 1.29 is 26.4 Å². The average molecular weight is 492 g/mol. The van der Waals surface area contributed by atoms with E-state index >= 15 is 0 Å². The SMILES string of the molecule is O=C(Cn1c(CCCC(F)(F)F)nc(-c2ccc(Cl)cc2)cc1=O)NC1CCS(=O)(=O)C1. The smallest absolute Gasteiger partial charge is 0.351 e. The maximum atomic E-state index is 12.7. The Morgan fingerprint density at radius 2 is 1.94 bits per heavy atom. The first-order valence-corrected chi connectivity index (χ1v) is 12.0. The summed E-state index contributed by atoms with van der Waals surface area (Å²) in [7, 11) is -3.21. The maximum Gasteiger partial charge on any atom is 0.389 e. The van der Waals surface area contributed by atoms with Gasteiger partial charge in [0.25, 0.3) is 5.56 Å². The van der Waals surface area contributed by atoms with Gasteiger partial charge in [0, 0.05) is 35.5 Å². The first-order chi connectivity index (χ1) is 14.9. The molecule has 1 aliphatic rings. The quantitative estimate of drug-likeness (QED) is 0.642. The number of benzene rings is 1. The summed E-state index contributed by atoms with van der Waals surface area (Å²) in [5, 5.41) is 3.04. The number of halogens is 4. The lowest BCUT2D eigenvalue weighted by Gasteiger charge is -2.16. The highest BCUT2D eigenvalue weighted by molar-refractivity contribution is 7.91. The first-order valence-electron chi connectivity index (χ1n) is 9.85. The molecule has 0 radical (unpaired) electrons. The van der Waals surface area contributed by atoms with E-state index in [-0.39, 0.29) is 42.3 Å². The van der Waals surface area contributed by atoms with Crippen molar-refractivity contribution in [3.63, 3.8) is 0 Å². The van der Waals surface area contributed by atoms with E-state index in [1.165, 1.54) is 6.07 Å². The third-order valence-electron chi connectivity index (χ3n) is 4.99. The molecular weight excluding hydrogens is 471 g/mol. The summed E-state index contributed by atoms with van der Waals surface area (Å²) < 4.78 is 62.0. The van der Waals surface area contributed by atoms with Crippen molar-refractivity contribution >= 4 is 27.3 Å². The van der Waals surface area contributed by atoms with Gasteiger partial charge in [-0.15, -0.1) is 0 Å². The molecule has 7 nitrogen and oxygen atoms in total. The third kappa shape index (κ3) is 6.80. The number of aromatic nitrogens is 2. The summed E-state index contributed by atoms with van der Waals surface area (Å²) in [5.41, 5.74) is 0.213.